The summed E-state index contributed by atoms with van der Waals surface area (Å²) >= 11 is 0. The summed E-state index contributed by atoms with van der Waals surface area (Å²) in [5, 5.41) is 0. The number of Topliss-reactive ketones (excluding diaryl/α,β-unsaturated/α-hetero) is 1. The van der Waals surface area contributed by atoms with Gasteiger partial charge in [-0.1, -0.05) is 36.4 Å². The molecular formula is C20H19NO2. The molecule has 3 aromatic rings. The summed E-state index contributed by atoms with van der Waals surface area (Å²) in [7, 11) is 0. The zero-order chi connectivity index (χ0) is 16.2. The van der Waals surface area contributed by atoms with Crippen molar-refractivity contribution in [2.45, 2.75) is 13.8 Å². The Morgan fingerprint density at radius 3 is 2.22 bits per heavy atom. The number of hydrogen-bond acceptors (Lipinski definition) is 2. The van der Waals surface area contributed by atoms with Crippen molar-refractivity contribution >= 4 is 5.78 Å². The Balaban J connectivity index is 1.82. The number of aryl methyl sites for hydroxylation is 1. The van der Waals surface area contributed by atoms with Gasteiger partial charge in [0.05, 0.1) is 0 Å². The van der Waals surface area contributed by atoms with Crippen LogP contribution in [0.3, 0.4) is 0 Å². The topological polar surface area (TPSA) is 31.2 Å². The molecule has 0 aliphatic heterocycles. The molecule has 0 aliphatic rings. The van der Waals surface area contributed by atoms with Crippen molar-refractivity contribution in [3.8, 4) is 11.4 Å². The first kappa shape index (κ1) is 15.1. The molecule has 116 valence electrons. The van der Waals surface area contributed by atoms with Crippen molar-refractivity contribution in [1.82, 2.24) is 4.57 Å². The molecule has 0 saturated carbocycles. The largest absolute Gasteiger partial charge is 0.485 e. The number of benzene rings is 2. The van der Waals surface area contributed by atoms with Crippen LogP contribution in [-0.2, 0) is 0 Å². The van der Waals surface area contributed by atoms with Crippen molar-refractivity contribution in [3.63, 3.8) is 0 Å². The lowest BCUT2D eigenvalue weighted by atomic mass is 10.1. The molecule has 0 spiro atoms. The molecule has 2 aromatic carbocycles. The van der Waals surface area contributed by atoms with Gasteiger partial charge in [-0.05, 0) is 44.2 Å². The molecule has 0 atom stereocenters. The molecule has 0 bridgehead atoms. The highest BCUT2D eigenvalue weighted by Gasteiger charge is 2.17. The summed E-state index contributed by atoms with van der Waals surface area (Å²) in [6, 6.07) is 21.4. The van der Waals surface area contributed by atoms with Crippen LogP contribution in [0.5, 0.6) is 5.75 Å². The zero-order valence-corrected chi connectivity index (χ0v) is 13.3. The third kappa shape index (κ3) is 3.19. The number of ether oxygens (including phenoxy) is 1. The van der Waals surface area contributed by atoms with Gasteiger partial charge >= 0.3 is 0 Å². The maximum atomic E-state index is 12.5. The number of aromatic nitrogens is 1. The number of carbonyl (C=O) groups excluding carboxylic acids is 1. The van der Waals surface area contributed by atoms with Crippen LogP contribution in [0, 0.1) is 13.8 Å². The number of para-hydroxylation sites is 2. The minimum atomic E-state index is -0.0101. The van der Waals surface area contributed by atoms with Crippen LogP contribution in [0.25, 0.3) is 5.69 Å². The van der Waals surface area contributed by atoms with Crippen LogP contribution >= 0.6 is 0 Å². The molecule has 23 heavy (non-hydrogen) atoms. The van der Waals surface area contributed by atoms with Gasteiger partial charge in [-0.15, -0.1) is 0 Å². The summed E-state index contributed by atoms with van der Waals surface area (Å²) in [4.78, 5) is 12.5. The molecule has 0 fully saturated rings. The molecule has 0 unspecified atom stereocenters. The molecule has 0 amide bonds. The van der Waals surface area contributed by atoms with Crippen molar-refractivity contribution in [2.24, 2.45) is 0 Å². The van der Waals surface area contributed by atoms with E-state index in [9.17, 15) is 4.79 Å². The molecule has 1 heterocycles. The minimum Gasteiger partial charge on any atom is -0.485 e. The molecule has 3 heteroatoms. The highest BCUT2D eigenvalue weighted by atomic mass is 16.5. The second-order valence-electron chi connectivity index (χ2n) is 5.48. The molecule has 3 nitrogen and oxygen atoms in total. The lowest BCUT2D eigenvalue weighted by Gasteiger charge is -2.10. The quantitative estimate of drug-likeness (QED) is 0.656. The van der Waals surface area contributed by atoms with E-state index < -0.39 is 0 Å². The Morgan fingerprint density at radius 1 is 0.957 bits per heavy atom. The van der Waals surface area contributed by atoms with Gasteiger partial charge in [-0.3, -0.25) is 4.79 Å². The summed E-state index contributed by atoms with van der Waals surface area (Å²) < 4.78 is 7.67. The van der Waals surface area contributed by atoms with Gasteiger partial charge in [-0.2, -0.15) is 0 Å². The van der Waals surface area contributed by atoms with Gasteiger partial charge in [0.15, 0.2) is 6.61 Å². The lowest BCUT2D eigenvalue weighted by Crippen LogP contribution is -2.12. The first-order chi connectivity index (χ1) is 11.2. The minimum absolute atomic E-state index is 0.0101. The molecule has 0 saturated heterocycles. The van der Waals surface area contributed by atoms with Gasteiger partial charge < -0.3 is 9.30 Å². The van der Waals surface area contributed by atoms with Crippen molar-refractivity contribution in [1.29, 1.82) is 0 Å². The Kier molecular flexibility index (Phi) is 4.29. The average Bonchev–Trinajstić information content (AvgIpc) is 2.89. The van der Waals surface area contributed by atoms with Gasteiger partial charge in [-0.25, -0.2) is 0 Å². The van der Waals surface area contributed by atoms with Crippen molar-refractivity contribution in [2.75, 3.05) is 6.61 Å². The van der Waals surface area contributed by atoms with E-state index in [2.05, 4.69) is 4.57 Å². The normalized spacial score (nSPS) is 10.5. The number of ketones is 1. The first-order valence-electron chi connectivity index (χ1n) is 7.62. The van der Waals surface area contributed by atoms with Crippen LogP contribution < -0.4 is 4.74 Å². The maximum Gasteiger partial charge on any atom is 0.202 e. The first-order valence-corrected chi connectivity index (χ1v) is 7.62. The van der Waals surface area contributed by atoms with E-state index in [-0.39, 0.29) is 12.4 Å². The molecule has 1 aromatic heterocycles. The predicted octanol–water partition coefficient (Wildman–Crippen LogP) is 4.36. The molecule has 3 rings (SSSR count). The van der Waals surface area contributed by atoms with Crippen LogP contribution in [-0.4, -0.2) is 17.0 Å². The monoisotopic (exact) mass is 305 g/mol. The van der Waals surface area contributed by atoms with Crippen molar-refractivity contribution < 1.29 is 9.53 Å². The van der Waals surface area contributed by atoms with E-state index in [4.69, 9.17) is 4.74 Å². The number of hydrogen-bond donors (Lipinski definition) is 0. The highest BCUT2D eigenvalue weighted by molar-refractivity contribution is 5.98. The smallest absolute Gasteiger partial charge is 0.202 e. The third-order valence-corrected chi connectivity index (χ3v) is 3.86. The molecule has 0 aliphatic carbocycles. The number of rotatable bonds is 5. The van der Waals surface area contributed by atoms with Crippen LogP contribution in [0.1, 0.15) is 21.7 Å². The molecular weight excluding hydrogens is 286 g/mol. The fraction of sp³-hybridized carbons (Fsp3) is 0.150. The van der Waals surface area contributed by atoms with Gasteiger partial charge in [0, 0.05) is 22.6 Å². The van der Waals surface area contributed by atoms with Crippen LogP contribution in [0.2, 0.25) is 0 Å². The maximum absolute atomic E-state index is 12.5. The second kappa shape index (κ2) is 6.53. The van der Waals surface area contributed by atoms with E-state index in [1.807, 2.05) is 80.6 Å². The Bertz CT molecular complexity index is 804. The second-order valence-corrected chi connectivity index (χ2v) is 5.48. The average molecular weight is 305 g/mol. The van der Waals surface area contributed by atoms with E-state index in [0.717, 1.165) is 17.1 Å². The Morgan fingerprint density at radius 2 is 1.57 bits per heavy atom. The predicted molar refractivity (Wildman–Crippen MR) is 91.5 cm³/mol. The summed E-state index contributed by atoms with van der Waals surface area (Å²) in [6.45, 7) is 4.02. The van der Waals surface area contributed by atoms with E-state index in [1.54, 1.807) is 0 Å². The van der Waals surface area contributed by atoms with E-state index in [0.29, 0.717) is 11.3 Å². The van der Waals surface area contributed by atoms with Crippen LogP contribution in [0.15, 0.2) is 66.7 Å². The SMILES string of the molecule is Cc1cc(C(=O)COc2ccccc2)c(C)n1-c1ccccc1. The number of carbonyl (C=O) groups is 1. The zero-order valence-electron chi connectivity index (χ0n) is 13.3. The molecule has 0 N–H and O–H groups in total. The lowest BCUT2D eigenvalue weighted by molar-refractivity contribution is 0.0921. The summed E-state index contributed by atoms with van der Waals surface area (Å²) in [6.07, 6.45) is 0. The van der Waals surface area contributed by atoms with E-state index >= 15 is 0 Å². The van der Waals surface area contributed by atoms with Crippen molar-refractivity contribution in [3.05, 3.63) is 83.7 Å². The summed E-state index contributed by atoms with van der Waals surface area (Å²) in [5.74, 6) is 0.696. The Hall–Kier alpha value is -2.81. The summed E-state index contributed by atoms with van der Waals surface area (Å²) in [5.41, 5.74) is 3.75. The van der Waals surface area contributed by atoms with Gasteiger partial charge in [0.1, 0.15) is 5.75 Å². The highest BCUT2D eigenvalue weighted by Crippen LogP contribution is 2.21. The number of nitrogens with zero attached hydrogens (tertiary/aromatic N) is 1. The van der Waals surface area contributed by atoms with E-state index in [1.165, 1.54) is 0 Å². The van der Waals surface area contributed by atoms with Gasteiger partial charge in [0.25, 0.3) is 0 Å². The fourth-order valence-electron chi connectivity index (χ4n) is 2.76. The molecule has 0 radical (unpaired) electrons. The third-order valence-electron chi connectivity index (χ3n) is 3.86. The fourth-order valence-corrected chi connectivity index (χ4v) is 2.76. The Labute approximate surface area is 136 Å². The van der Waals surface area contributed by atoms with Crippen LogP contribution in [0.4, 0.5) is 0 Å². The standard InChI is InChI=1S/C20H19NO2/c1-15-13-19(16(2)21(15)17-9-5-3-6-10-17)20(22)14-23-18-11-7-4-8-12-18/h3-13H,14H2,1-2H3. The van der Waals surface area contributed by atoms with Gasteiger partial charge in [0.2, 0.25) is 5.78 Å².